The van der Waals surface area contributed by atoms with Gasteiger partial charge >= 0.3 is 0 Å². The van der Waals surface area contributed by atoms with E-state index < -0.39 is 0 Å². The lowest BCUT2D eigenvalue weighted by molar-refractivity contribution is 0.876. The van der Waals surface area contributed by atoms with Crippen LogP contribution >= 0.6 is 21.7 Å². The maximum absolute atomic E-state index is 6.12. The highest BCUT2D eigenvalue weighted by atomic mass is 35.7. The third-order valence-electron chi connectivity index (χ3n) is 3.33. The fourth-order valence-corrected chi connectivity index (χ4v) is 3.52. The topological polar surface area (TPSA) is 0 Å². The highest BCUT2D eigenvalue weighted by molar-refractivity contribution is 8.21. The average Bonchev–Trinajstić information content (AvgIpc) is 2.62. The number of halogens is 1. The molecule has 80 valence electrons. The van der Waals surface area contributed by atoms with Crippen molar-refractivity contribution in [2.45, 2.75) is 11.7 Å². The van der Waals surface area contributed by atoms with Gasteiger partial charge in [-0.1, -0.05) is 48.5 Å². The Kier molecular flexibility index (Phi) is 2.27. The molecule has 1 aliphatic carbocycles. The van der Waals surface area contributed by atoms with Gasteiger partial charge < -0.3 is 0 Å². The third-order valence-corrected chi connectivity index (χ3v) is 5.00. The van der Waals surface area contributed by atoms with Crippen molar-refractivity contribution in [1.29, 1.82) is 0 Å². The number of benzene rings is 2. The van der Waals surface area contributed by atoms with Crippen molar-refractivity contribution in [2.75, 3.05) is 0 Å². The van der Waals surface area contributed by atoms with Crippen molar-refractivity contribution in [1.82, 2.24) is 0 Å². The second-order valence-corrected chi connectivity index (χ2v) is 5.64. The van der Waals surface area contributed by atoms with Crippen molar-refractivity contribution in [3.8, 4) is 11.1 Å². The minimum absolute atomic E-state index is 0.116. The summed E-state index contributed by atoms with van der Waals surface area (Å²) in [5, 5.41) is 0. The minimum atomic E-state index is -0.116. The molecule has 0 saturated heterocycles. The summed E-state index contributed by atoms with van der Waals surface area (Å²) < 4.78 is -0.116. The zero-order valence-electron chi connectivity index (χ0n) is 8.91. The van der Waals surface area contributed by atoms with Gasteiger partial charge in [0, 0.05) is 0 Å². The Labute approximate surface area is 104 Å². The Morgan fingerprint density at radius 3 is 1.75 bits per heavy atom. The Morgan fingerprint density at radius 2 is 1.31 bits per heavy atom. The van der Waals surface area contributed by atoms with Gasteiger partial charge in [0.05, 0.1) is 4.75 Å². The van der Waals surface area contributed by atoms with Crippen LogP contribution in [0.1, 0.15) is 18.1 Å². The van der Waals surface area contributed by atoms with E-state index in [1.165, 1.54) is 33.2 Å². The van der Waals surface area contributed by atoms with Gasteiger partial charge in [0.15, 0.2) is 0 Å². The van der Waals surface area contributed by atoms with Gasteiger partial charge in [0.25, 0.3) is 0 Å². The molecule has 0 saturated carbocycles. The SMILES string of the molecule is CC1(SCl)c2ccccc2-c2ccccc21. The van der Waals surface area contributed by atoms with Crippen LogP contribution in [0.15, 0.2) is 48.5 Å². The van der Waals surface area contributed by atoms with E-state index in [2.05, 4.69) is 55.5 Å². The Bertz CT molecular complexity index is 502. The molecule has 0 fully saturated rings. The molecule has 0 bridgehead atoms. The van der Waals surface area contributed by atoms with Crippen LogP contribution in [-0.4, -0.2) is 0 Å². The summed E-state index contributed by atoms with van der Waals surface area (Å²) in [7, 11) is 7.51. The largest absolute Gasteiger partial charge is 0.0792 e. The normalized spacial score (nSPS) is 15.6. The van der Waals surface area contributed by atoms with Crippen molar-refractivity contribution in [3.63, 3.8) is 0 Å². The van der Waals surface area contributed by atoms with Crippen LogP contribution < -0.4 is 0 Å². The standard InChI is InChI=1S/C14H11ClS/c1-14(16-15)12-8-4-2-6-10(12)11-7-3-5-9-13(11)14/h2-9H,1H3. The maximum Gasteiger partial charge on any atom is 0.0792 e. The second-order valence-electron chi connectivity index (χ2n) is 4.20. The predicted molar refractivity (Wildman–Crippen MR) is 71.8 cm³/mol. The van der Waals surface area contributed by atoms with Crippen molar-refractivity contribution in [2.24, 2.45) is 0 Å². The second kappa shape index (κ2) is 3.54. The fourth-order valence-electron chi connectivity index (χ4n) is 2.50. The molecule has 0 atom stereocenters. The molecular weight excluding hydrogens is 236 g/mol. The molecular formula is C14H11ClS. The van der Waals surface area contributed by atoms with Gasteiger partial charge in [-0.2, -0.15) is 0 Å². The lowest BCUT2D eigenvalue weighted by Crippen LogP contribution is -2.13. The summed E-state index contributed by atoms with van der Waals surface area (Å²) in [6.45, 7) is 2.19. The van der Waals surface area contributed by atoms with E-state index in [1.54, 1.807) is 0 Å². The van der Waals surface area contributed by atoms with Gasteiger partial charge in [-0.05, 0) is 50.8 Å². The van der Waals surface area contributed by atoms with Gasteiger partial charge in [-0.15, -0.1) is 0 Å². The van der Waals surface area contributed by atoms with Crippen LogP contribution in [0.5, 0.6) is 0 Å². The highest BCUT2D eigenvalue weighted by Gasteiger charge is 2.39. The minimum Gasteiger partial charge on any atom is -0.0619 e. The fraction of sp³-hybridized carbons (Fsp3) is 0.143. The Balaban J connectivity index is 2.39. The lowest BCUT2D eigenvalue weighted by Gasteiger charge is -2.22. The molecule has 0 nitrogen and oxygen atoms in total. The molecule has 16 heavy (non-hydrogen) atoms. The Morgan fingerprint density at radius 1 is 0.875 bits per heavy atom. The van der Waals surface area contributed by atoms with E-state index in [0.717, 1.165) is 0 Å². The number of fused-ring (bicyclic) bond motifs is 3. The van der Waals surface area contributed by atoms with E-state index in [0.29, 0.717) is 0 Å². The molecule has 0 radical (unpaired) electrons. The lowest BCUT2D eigenvalue weighted by atomic mass is 9.98. The summed E-state index contributed by atoms with van der Waals surface area (Å²) in [5.74, 6) is 0. The summed E-state index contributed by atoms with van der Waals surface area (Å²) in [5.41, 5.74) is 5.26. The van der Waals surface area contributed by atoms with E-state index >= 15 is 0 Å². The zero-order chi connectivity index (χ0) is 11.2. The molecule has 0 unspecified atom stereocenters. The smallest absolute Gasteiger partial charge is 0.0619 e. The third kappa shape index (κ3) is 1.19. The van der Waals surface area contributed by atoms with Crippen molar-refractivity contribution < 1.29 is 0 Å². The quantitative estimate of drug-likeness (QED) is 0.695. The monoisotopic (exact) mass is 246 g/mol. The molecule has 2 heteroatoms. The molecule has 0 spiro atoms. The number of rotatable bonds is 1. The Hall–Kier alpha value is -0.920. The summed E-state index contributed by atoms with van der Waals surface area (Å²) in [6, 6.07) is 17.0. The molecule has 0 aromatic heterocycles. The van der Waals surface area contributed by atoms with Crippen LogP contribution in [-0.2, 0) is 4.75 Å². The van der Waals surface area contributed by atoms with Crippen LogP contribution in [0, 0.1) is 0 Å². The maximum atomic E-state index is 6.12. The molecule has 1 aliphatic rings. The van der Waals surface area contributed by atoms with Crippen LogP contribution in [0.3, 0.4) is 0 Å². The van der Waals surface area contributed by atoms with Crippen molar-refractivity contribution >= 4 is 21.7 Å². The number of hydrogen-bond donors (Lipinski definition) is 0. The highest BCUT2D eigenvalue weighted by Crippen LogP contribution is 2.55. The zero-order valence-corrected chi connectivity index (χ0v) is 10.5. The van der Waals surface area contributed by atoms with Crippen molar-refractivity contribution in [3.05, 3.63) is 59.7 Å². The summed E-state index contributed by atoms with van der Waals surface area (Å²) in [4.78, 5) is 0. The van der Waals surface area contributed by atoms with E-state index in [-0.39, 0.29) is 4.75 Å². The van der Waals surface area contributed by atoms with Crippen LogP contribution in [0.4, 0.5) is 0 Å². The summed E-state index contributed by atoms with van der Waals surface area (Å²) in [6.07, 6.45) is 0. The van der Waals surface area contributed by atoms with Crippen LogP contribution in [0.25, 0.3) is 11.1 Å². The van der Waals surface area contributed by atoms with Gasteiger partial charge in [-0.25, -0.2) is 0 Å². The molecule has 2 aromatic rings. The molecule has 2 aromatic carbocycles. The average molecular weight is 247 g/mol. The van der Waals surface area contributed by atoms with Gasteiger partial charge in [0.2, 0.25) is 0 Å². The first-order chi connectivity index (χ1) is 7.77. The molecule has 0 N–H and O–H groups in total. The van der Waals surface area contributed by atoms with Gasteiger partial charge in [0.1, 0.15) is 0 Å². The molecule has 0 aliphatic heterocycles. The molecule has 3 rings (SSSR count). The first kappa shape index (κ1) is 10.2. The molecule has 0 amide bonds. The first-order valence-corrected chi connectivity index (χ1v) is 6.91. The molecule has 0 heterocycles. The van der Waals surface area contributed by atoms with Gasteiger partial charge in [-0.3, -0.25) is 0 Å². The first-order valence-electron chi connectivity index (χ1n) is 5.26. The van der Waals surface area contributed by atoms with E-state index in [1.807, 2.05) is 0 Å². The predicted octanol–water partition coefficient (Wildman–Crippen LogP) is 4.82. The summed E-state index contributed by atoms with van der Waals surface area (Å²) >= 11 is 0. The number of hydrogen-bond acceptors (Lipinski definition) is 1. The van der Waals surface area contributed by atoms with Crippen LogP contribution in [0.2, 0.25) is 0 Å². The van der Waals surface area contributed by atoms with E-state index in [4.69, 9.17) is 10.7 Å². The van der Waals surface area contributed by atoms with E-state index in [9.17, 15) is 0 Å².